The van der Waals surface area contributed by atoms with Crippen LogP contribution in [0, 0.1) is 0 Å². The summed E-state index contributed by atoms with van der Waals surface area (Å²) in [6, 6.07) is 18.4. The summed E-state index contributed by atoms with van der Waals surface area (Å²) in [4.78, 5) is 9.83. The summed E-state index contributed by atoms with van der Waals surface area (Å²) < 4.78 is 0. The van der Waals surface area contributed by atoms with E-state index in [0.29, 0.717) is 0 Å². The molecule has 3 aromatic rings. The van der Waals surface area contributed by atoms with E-state index in [1.807, 2.05) is 30.3 Å². The molecule has 0 spiro atoms. The molecule has 0 bridgehead atoms. The fourth-order valence-electron chi connectivity index (χ4n) is 2.44. The molecular formula is C19H20N2. The third kappa shape index (κ3) is 2.54. The number of fused-ring (bicyclic) bond motifs is 1. The zero-order valence-corrected chi connectivity index (χ0v) is 12.8. The number of rotatable bonds is 3. The number of benzene rings is 2. The lowest BCUT2D eigenvalue weighted by Crippen LogP contribution is -2.19. The summed E-state index contributed by atoms with van der Waals surface area (Å²) in [5.41, 5.74) is 5.13. The third-order valence-electron chi connectivity index (χ3n) is 4.14. The van der Waals surface area contributed by atoms with E-state index in [-0.39, 0.29) is 5.41 Å². The molecule has 0 amide bonds. The maximum Gasteiger partial charge on any atom is 0.0930 e. The Balaban J connectivity index is 2.32. The minimum absolute atomic E-state index is 0.00219. The Morgan fingerprint density at radius 3 is 2.00 bits per heavy atom. The maximum atomic E-state index is 4.93. The Hall–Kier alpha value is -2.22. The Labute approximate surface area is 125 Å². The highest BCUT2D eigenvalue weighted by atomic mass is 14.8. The fourth-order valence-corrected chi connectivity index (χ4v) is 2.44. The molecule has 1 aromatic heterocycles. The monoisotopic (exact) mass is 276 g/mol. The Morgan fingerprint density at radius 2 is 1.38 bits per heavy atom. The largest absolute Gasteiger partial charge is 0.248 e. The SMILES string of the molecule is CCC(C)(C)c1nc2ccccc2nc1-c1ccccc1. The van der Waals surface area contributed by atoms with E-state index >= 15 is 0 Å². The summed E-state index contributed by atoms with van der Waals surface area (Å²) in [5.74, 6) is 0. The average molecular weight is 276 g/mol. The molecule has 21 heavy (non-hydrogen) atoms. The first kappa shape index (κ1) is 13.7. The standard InChI is InChI=1S/C19H20N2/c1-4-19(2,3)18-17(14-10-6-5-7-11-14)20-15-12-8-9-13-16(15)21-18/h5-13H,4H2,1-3H3. The zero-order valence-electron chi connectivity index (χ0n) is 12.8. The molecule has 0 aliphatic rings. The molecule has 0 fully saturated rings. The first-order chi connectivity index (χ1) is 10.1. The van der Waals surface area contributed by atoms with Gasteiger partial charge in [0.15, 0.2) is 0 Å². The van der Waals surface area contributed by atoms with E-state index in [1.54, 1.807) is 0 Å². The summed E-state index contributed by atoms with van der Waals surface area (Å²) >= 11 is 0. The molecule has 1 heterocycles. The van der Waals surface area contributed by atoms with Crippen molar-refractivity contribution in [3.8, 4) is 11.3 Å². The lowest BCUT2D eigenvalue weighted by molar-refractivity contribution is 0.492. The molecular weight excluding hydrogens is 256 g/mol. The van der Waals surface area contributed by atoms with Gasteiger partial charge in [-0.3, -0.25) is 0 Å². The van der Waals surface area contributed by atoms with Crippen molar-refractivity contribution in [1.29, 1.82) is 0 Å². The van der Waals surface area contributed by atoms with Gasteiger partial charge in [-0.2, -0.15) is 0 Å². The molecule has 0 saturated carbocycles. The van der Waals surface area contributed by atoms with Crippen molar-refractivity contribution in [2.24, 2.45) is 0 Å². The molecule has 0 aliphatic heterocycles. The van der Waals surface area contributed by atoms with Crippen molar-refractivity contribution in [1.82, 2.24) is 9.97 Å². The third-order valence-corrected chi connectivity index (χ3v) is 4.14. The molecule has 0 N–H and O–H groups in total. The van der Waals surface area contributed by atoms with Crippen molar-refractivity contribution in [3.05, 3.63) is 60.3 Å². The molecule has 0 aliphatic carbocycles. The minimum atomic E-state index is 0.00219. The van der Waals surface area contributed by atoms with Gasteiger partial charge in [-0.15, -0.1) is 0 Å². The quantitative estimate of drug-likeness (QED) is 0.674. The maximum absolute atomic E-state index is 4.93. The van der Waals surface area contributed by atoms with Gasteiger partial charge in [0.2, 0.25) is 0 Å². The average Bonchev–Trinajstić information content (AvgIpc) is 2.54. The molecule has 2 nitrogen and oxygen atoms in total. The van der Waals surface area contributed by atoms with Crippen LogP contribution in [-0.4, -0.2) is 9.97 Å². The Kier molecular flexibility index (Phi) is 3.46. The Bertz CT molecular complexity index is 761. The van der Waals surface area contributed by atoms with Crippen LogP contribution in [0.2, 0.25) is 0 Å². The lowest BCUT2D eigenvalue weighted by atomic mass is 9.83. The summed E-state index contributed by atoms with van der Waals surface area (Å²) in [6.45, 7) is 6.67. The summed E-state index contributed by atoms with van der Waals surface area (Å²) in [5, 5.41) is 0. The number of para-hydroxylation sites is 2. The summed E-state index contributed by atoms with van der Waals surface area (Å²) in [6.07, 6.45) is 1.03. The molecule has 0 radical (unpaired) electrons. The van der Waals surface area contributed by atoms with Gasteiger partial charge >= 0.3 is 0 Å². The van der Waals surface area contributed by atoms with Crippen LogP contribution in [0.1, 0.15) is 32.9 Å². The van der Waals surface area contributed by atoms with E-state index in [0.717, 1.165) is 34.4 Å². The van der Waals surface area contributed by atoms with Crippen LogP contribution in [-0.2, 0) is 5.41 Å². The van der Waals surface area contributed by atoms with E-state index in [1.165, 1.54) is 0 Å². The number of nitrogens with zero attached hydrogens (tertiary/aromatic N) is 2. The van der Waals surface area contributed by atoms with Crippen LogP contribution in [0.25, 0.3) is 22.3 Å². The van der Waals surface area contributed by atoms with Gasteiger partial charge in [0, 0.05) is 11.0 Å². The molecule has 0 unspecified atom stereocenters. The van der Waals surface area contributed by atoms with E-state index < -0.39 is 0 Å². The van der Waals surface area contributed by atoms with Crippen LogP contribution in [0.3, 0.4) is 0 Å². The van der Waals surface area contributed by atoms with Crippen LogP contribution in [0.4, 0.5) is 0 Å². The molecule has 3 rings (SSSR count). The molecule has 106 valence electrons. The van der Waals surface area contributed by atoms with Crippen LogP contribution in [0.15, 0.2) is 54.6 Å². The van der Waals surface area contributed by atoms with Crippen LogP contribution in [0.5, 0.6) is 0 Å². The van der Waals surface area contributed by atoms with Crippen molar-refractivity contribution >= 4 is 11.0 Å². The van der Waals surface area contributed by atoms with Gasteiger partial charge in [0.05, 0.1) is 22.4 Å². The van der Waals surface area contributed by atoms with Crippen molar-refractivity contribution in [2.45, 2.75) is 32.6 Å². The van der Waals surface area contributed by atoms with Gasteiger partial charge in [-0.25, -0.2) is 9.97 Å². The molecule has 0 atom stereocenters. The van der Waals surface area contributed by atoms with Crippen molar-refractivity contribution in [2.75, 3.05) is 0 Å². The van der Waals surface area contributed by atoms with Crippen LogP contribution < -0.4 is 0 Å². The lowest BCUT2D eigenvalue weighted by Gasteiger charge is -2.25. The first-order valence-corrected chi connectivity index (χ1v) is 7.44. The number of hydrogen-bond acceptors (Lipinski definition) is 2. The number of aromatic nitrogens is 2. The highest BCUT2D eigenvalue weighted by molar-refractivity contribution is 5.78. The van der Waals surface area contributed by atoms with Crippen molar-refractivity contribution < 1.29 is 0 Å². The zero-order chi connectivity index (χ0) is 14.9. The first-order valence-electron chi connectivity index (χ1n) is 7.44. The van der Waals surface area contributed by atoms with E-state index in [9.17, 15) is 0 Å². The highest BCUT2D eigenvalue weighted by Crippen LogP contribution is 2.33. The van der Waals surface area contributed by atoms with Gasteiger partial charge < -0.3 is 0 Å². The van der Waals surface area contributed by atoms with Gasteiger partial charge in [-0.1, -0.05) is 63.2 Å². The smallest absolute Gasteiger partial charge is 0.0930 e. The highest BCUT2D eigenvalue weighted by Gasteiger charge is 2.25. The predicted octanol–water partition coefficient (Wildman–Crippen LogP) is 4.98. The van der Waals surface area contributed by atoms with Crippen molar-refractivity contribution in [3.63, 3.8) is 0 Å². The Morgan fingerprint density at radius 1 is 0.810 bits per heavy atom. The molecule has 2 heteroatoms. The van der Waals surface area contributed by atoms with Gasteiger partial charge in [-0.05, 0) is 18.6 Å². The van der Waals surface area contributed by atoms with E-state index in [4.69, 9.17) is 9.97 Å². The normalized spacial score (nSPS) is 11.8. The topological polar surface area (TPSA) is 25.8 Å². The minimum Gasteiger partial charge on any atom is -0.248 e. The number of hydrogen-bond donors (Lipinski definition) is 0. The van der Waals surface area contributed by atoms with Gasteiger partial charge in [0.1, 0.15) is 0 Å². The van der Waals surface area contributed by atoms with Crippen LogP contribution >= 0.6 is 0 Å². The molecule has 0 saturated heterocycles. The second kappa shape index (κ2) is 5.28. The summed E-state index contributed by atoms with van der Waals surface area (Å²) in [7, 11) is 0. The molecule has 2 aromatic carbocycles. The second-order valence-corrected chi connectivity index (χ2v) is 6.01. The predicted molar refractivity (Wildman–Crippen MR) is 88.3 cm³/mol. The van der Waals surface area contributed by atoms with Gasteiger partial charge in [0.25, 0.3) is 0 Å². The second-order valence-electron chi connectivity index (χ2n) is 6.01. The van der Waals surface area contributed by atoms with E-state index in [2.05, 4.69) is 45.0 Å². The fraction of sp³-hybridized carbons (Fsp3) is 0.263.